The molecule has 0 saturated carbocycles. The van der Waals surface area contributed by atoms with E-state index in [1.54, 1.807) is 43.5 Å². The second-order valence-electron chi connectivity index (χ2n) is 8.72. The Bertz CT molecular complexity index is 1100. The quantitative estimate of drug-likeness (QED) is 0.478. The molecule has 0 fully saturated rings. The Balaban J connectivity index is 2.44. The SMILES string of the molecule is CC[C@@H](C)NC(=O)[C@H](CC)N(Cc1cccc(OC)c1)C(=O)CN(c1ccc(C)cc1)S(C)(=O)=O. The number of methoxy groups -OCH3 is 1. The highest BCUT2D eigenvalue weighted by molar-refractivity contribution is 7.92. The minimum atomic E-state index is -3.75. The molecule has 2 atom stereocenters. The Morgan fingerprint density at radius 1 is 1.06 bits per heavy atom. The van der Waals surface area contributed by atoms with Gasteiger partial charge in [-0.2, -0.15) is 0 Å². The molecule has 2 rings (SSSR count). The molecule has 0 radical (unpaired) electrons. The van der Waals surface area contributed by atoms with Gasteiger partial charge in [0.15, 0.2) is 0 Å². The summed E-state index contributed by atoms with van der Waals surface area (Å²) < 4.78 is 31.6. The first kappa shape index (κ1) is 28.2. The molecular formula is C26H37N3O5S. The molecule has 0 heterocycles. The molecule has 1 N–H and O–H groups in total. The Morgan fingerprint density at radius 2 is 1.71 bits per heavy atom. The highest BCUT2D eigenvalue weighted by Gasteiger charge is 2.32. The van der Waals surface area contributed by atoms with Crippen molar-refractivity contribution in [3.05, 3.63) is 59.7 Å². The number of rotatable bonds is 12. The van der Waals surface area contributed by atoms with Crippen LogP contribution < -0.4 is 14.4 Å². The van der Waals surface area contributed by atoms with Crippen LogP contribution in [0.2, 0.25) is 0 Å². The van der Waals surface area contributed by atoms with Crippen molar-refractivity contribution in [2.75, 3.05) is 24.2 Å². The normalized spacial score (nSPS) is 13.0. The van der Waals surface area contributed by atoms with Gasteiger partial charge in [0, 0.05) is 12.6 Å². The lowest BCUT2D eigenvalue weighted by Crippen LogP contribution is -2.53. The molecule has 0 aliphatic heterocycles. The standard InChI is InChI=1S/C26H37N3O5S/c1-7-20(4)27-26(31)24(8-2)28(17-21-10-9-11-23(16-21)34-5)25(30)18-29(35(6,32)33)22-14-12-19(3)13-15-22/h9-16,20,24H,7-8,17-18H2,1-6H3,(H,27,31)/t20-,24+/m1/s1. The number of benzene rings is 2. The summed E-state index contributed by atoms with van der Waals surface area (Å²) in [6, 6.07) is 13.4. The van der Waals surface area contributed by atoms with Crippen molar-refractivity contribution in [3.63, 3.8) is 0 Å². The Hall–Kier alpha value is -3.07. The van der Waals surface area contributed by atoms with Crippen LogP contribution >= 0.6 is 0 Å². The molecule has 0 aliphatic carbocycles. The molecule has 35 heavy (non-hydrogen) atoms. The summed E-state index contributed by atoms with van der Waals surface area (Å²) in [6.07, 6.45) is 2.20. The number of aryl methyl sites for hydroxylation is 1. The first-order valence-corrected chi connectivity index (χ1v) is 13.6. The highest BCUT2D eigenvalue weighted by Crippen LogP contribution is 2.21. The Kier molecular flexibility index (Phi) is 10.1. The fourth-order valence-electron chi connectivity index (χ4n) is 3.65. The molecule has 0 aromatic heterocycles. The lowest BCUT2D eigenvalue weighted by atomic mass is 10.1. The van der Waals surface area contributed by atoms with Gasteiger partial charge >= 0.3 is 0 Å². The maximum absolute atomic E-state index is 13.7. The van der Waals surface area contributed by atoms with Crippen molar-refractivity contribution in [1.29, 1.82) is 0 Å². The number of sulfonamides is 1. The minimum absolute atomic E-state index is 0.0506. The van der Waals surface area contributed by atoms with Crippen LogP contribution in [0, 0.1) is 6.92 Å². The fraction of sp³-hybridized carbons (Fsp3) is 0.462. The monoisotopic (exact) mass is 503 g/mol. The van der Waals surface area contributed by atoms with Gasteiger partial charge in [-0.05, 0) is 56.5 Å². The van der Waals surface area contributed by atoms with E-state index in [1.165, 1.54) is 4.90 Å². The molecule has 0 bridgehead atoms. The third-order valence-electron chi connectivity index (χ3n) is 5.88. The predicted octanol–water partition coefficient (Wildman–Crippen LogP) is 3.49. The lowest BCUT2D eigenvalue weighted by Gasteiger charge is -2.33. The number of carbonyl (C=O) groups excluding carboxylic acids is 2. The molecule has 0 saturated heterocycles. The maximum atomic E-state index is 13.7. The van der Waals surface area contributed by atoms with Crippen LogP contribution in [0.5, 0.6) is 5.75 Å². The highest BCUT2D eigenvalue weighted by atomic mass is 32.2. The molecule has 2 amide bonds. The van der Waals surface area contributed by atoms with E-state index in [0.717, 1.165) is 28.1 Å². The third kappa shape index (κ3) is 7.99. The summed E-state index contributed by atoms with van der Waals surface area (Å²) in [7, 11) is -2.20. The molecule has 8 nitrogen and oxygen atoms in total. The number of nitrogens with zero attached hydrogens (tertiary/aromatic N) is 2. The number of hydrogen-bond acceptors (Lipinski definition) is 5. The first-order valence-electron chi connectivity index (χ1n) is 11.8. The topological polar surface area (TPSA) is 96.0 Å². The van der Waals surface area contributed by atoms with Gasteiger partial charge < -0.3 is 15.0 Å². The average molecular weight is 504 g/mol. The molecule has 0 spiro atoms. The van der Waals surface area contributed by atoms with E-state index in [1.807, 2.05) is 39.8 Å². The summed E-state index contributed by atoms with van der Waals surface area (Å²) in [4.78, 5) is 28.3. The van der Waals surface area contributed by atoms with Crippen LogP contribution in [0.4, 0.5) is 5.69 Å². The van der Waals surface area contributed by atoms with Gasteiger partial charge in [0.2, 0.25) is 21.8 Å². The van der Waals surface area contributed by atoms with Gasteiger partial charge in [-0.25, -0.2) is 8.42 Å². The van der Waals surface area contributed by atoms with Crippen LogP contribution in [0.3, 0.4) is 0 Å². The number of amides is 2. The summed E-state index contributed by atoms with van der Waals surface area (Å²) in [6.45, 7) is 7.32. The molecule has 192 valence electrons. The molecule has 2 aromatic carbocycles. The van der Waals surface area contributed by atoms with Gasteiger partial charge in [0.05, 0.1) is 19.1 Å². The number of carbonyl (C=O) groups is 2. The van der Waals surface area contributed by atoms with Crippen molar-refractivity contribution < 1.29 is 22.7 Å². The van der Waals surface area contributed by atoms with Crippen LogP contribution in [-0.4, -0.2) is 57.1 Å². The van der Waals surface area contributed by atoms with E-state index >= 15 is 0 Å². The zero-order valence-corrected chi connectivity index (χ0v) is 22.3. The van der Waals surface area contributed by atoms with Crippen molar-refractivity contribution in [2.45, 2.75) is 59.2 Å². The van der Waals surface area contributed by atoms with Crippen LogP contribution in [0.15, 0.2) is 48.5 Å². The number of ether oxygens (including phenoxy) is 1. The minimum Gasteiger partial charge on any atom is -0.497 e. The van der Waals surface area contributed by atoms with Crippen molar-refractivity contribution >= 4 is 27.5 Å². The van der Waals surface area contributed by atoms with Gasteiger partial charge in [0.25, 0.3) is 0 Å². The van der Waals surface area contributed by atoms with Crippen LogP contribution in [-0.2, 0) is 26.2 Å². The molecular weight excluding hydrogens is 466 g/mol. The zero-order chi connectivity index (χ0) is 26.2. The second kappa shape index (κ2) is 12.6. The molecule has 2 aromatic rings. The van der Waals surface area contributed by atoms with Crippen LogP contribution in [0.1, 0.15) is 44.7 Å². The van der Waals surface area contributed by atoms with E-state index in [9.17, 15) is 18.0 Å². The van der Waals surface area contributed by atoms with Gasteiger partial charge in [-0.3, -0.25) is 13.9 Å². The largest absolute Gasteiger partial charge is 0.497 e. The summed E-state index contributed by atoms with van der Waals surface area (Å²) >= 11 is 0. The lowest BCUT2D eigenvalue weighted by molar-refractivity contribution is -0.140. The van der Waals surface area contributed by atoms with E-state index < -0.39 is 28.5 Å². The van der Waals surface area contributed by atoms with Crippen molar-refractivity contribution in [2.24, 2.45) is 0 Å². The van der Waals surface area contributed by atoms with Gasteiger partial charge in [0.1, 0.15) is 18.3 Å². The number of hydrogen-bond donors (Lipinski definition) is 1. The smallest absolute Gasteiger partial charge is 0.244 e. The predicted molar refractivity (Wildman–Crippen MR) is 139 cm³/mol. The van der Waals surface area contributed by atoms with Gasteiger partial charge in [-0.1, -0.05) is 43.7 Å². The van der Waals surface area contributed by atoms with Gasteiger partial charge in [-0.15, -0.1) is 0 Å². The van der Waals surface area contributed by atoms with E-state index in [-0.39, 0.29) is 18.5 Å². The zero-order valence-electron chi connectivity index (χ0n) is 21.4. The summed E-state index contributed by atoms with van der Waals surface area (Å²) in [5, 5.41) is 2.96. The fourth-order valence-corrected chi connectivity index (χ4v) is 4.50. The Morgan fingerprint density at radius 3 is 2.26 bits per heavy atom. The van der Waals surface area contributed by atoms with E-state index in [4.69, 9.17) is 4.74 Å². The van der Waals surface area contributed by atoms with E-state index in [0.29, 0.717) is 17.9 Å². The van der Waals surface area contributed by atoms with E-state index in [2.05, 4.69) is 5.32 Å². The van der Waals surface area contributed by atoms with Crippen molar-refractivity contribution in [1.82, 2.24) is 10.2 Å². The van der Waals surface area contributed by atoms with Crippen molar-refractivity contribution in [3.8, 4) is 5.75 Å². The number of anilines is 1. The number of nitrogens with one attached hydrogen (secondary N) is 1. The summed E-state index contributed by atoms with van der Waals surface area (Å²) in [5.41, 5.74) is 2.14. The Labute approximate surface area is 209 Å². The molecule has 0 unspecified atom stereocenters. The third-order valence-corrected chi connectivity index (χ3v) is 7.02. The van der Waals surface area contributed by atoms with Crippen LogP contribution in [0.25, 0.3) is 0 Å². The average Bonchev–Trinajstić information content (AvgIpc) is 2.82. The molecule has 9 heteroatoms. The first-order chi connectivity index (χ1) is 16.5. The second-order valence-corrected chi connectivity index (χ2v) is 10.6. The maximum Gasteiger partial charge on any atom is 0.244 e. The molecule has 0 aliphatic rings. The summed E-state index contributed by atoms with van der Waals surface area (Å²) in [5.74, 6) is -0.103.